The van der Waals surface area contributed by atoms with Gasteiger partial charge in [-0.05, 0) is 45.0 Å². The van der Waals surface area contributed by atoms with Crippen LogP contribution in [0.15, 0.2) is 24.3 Å². The van der Waals surface area contributed by atoms with Crippen molar-refractivity contribution >= 4 is 5.97 Å². The van der Waals surface area contributed by atoms with Crippen LogP contribution >= 0.6 is 0 Å². The molecule has 0 aliphatic carbocycles. The van der Waals surface area contributed by atoms with Crippen molar-refractivity contribution in [2.24, 2.45) is 5.41 Å². The summed E-state index contributed by atoms with van der Waals surface area (Å²) in [5.74, 6) is 0.179. The monoisotopic (exact) mass is 265 g/mol. The molecule has 0 heterocycles. The van der Waals surface area contributed by atoms with Gasteiger partial charge in [0.25, 0.3) is 0 Å². The number of carbonyl (C=O) groups excluding carboxylic acids is 1. The average molecular weight is 265 g/mol. The number of nitrogens with one attached hydrogen (secondary N) is 1. The minimum atomic E-state index is -0.603. The van der Waals surface area contributed by atoms with Crippen LogP contribution < -0.4 is 10.1 Å². The molecule has 1 aromatic rings. The second-order valence-corrected chi connectivity index (χ2v) is 5.54. The van der Waals surface area contributed by atoms with Gasteiger partial charge in [0.1, 0.15) is 5.75 Å². The van der Waals surface area contributed by atoms with Crippen molar-refractivity contribution in [3.8, 4) is 5.75 Å². The van der Waals surface area contributed by atoms with Crippen LogP contribution in [-0.2, 0) is 4.79 Å². The summed E-state index contributed by atoms with van der Waals surface area (Å²) in [7, 11) is 0. The van der Waals surface area contributed by atoms with E-state index in [0.29, 0.717) is 12.3 Å². The van der Waals surface area contributed by atoms with Crippen LogP contribution in [0, 0.1) is 5.41 Å². The minimum Gasteiger partial charge on any atom is -0.426 e. The molecule has 19 heavy (non-hydrogen) atoms. The van der Waals surface area contributed by atoms with Gasteiger partial charge in [-0.2, -0.15) is 0 Å². The Labute approximate surface area is 114 Å². The minimum absolute atomic E-state index is 0.286. The lowest BCUT2D eigenvalue weighted by Gasteiger charge is -2.17. The standard InChI is InChI=1S/C15H23NO3/c1-5-16-10-13(17)11-7-6-8-12(9-11)19-14(18)15(2,3)4/h6-9,13,16-17H,5,10H2,1-4H3/t13-/m1/s1. The molecule has 106 valence electrons. The second kappa shape index (κ2) is 6.68. The first-order valence-corrected chi connectivity index (χ1v) is 6.55. The predicted molar refractivity (Wildman–Crippen MR) is 75.0 cm³/mol. The van der Waals surface area contributed by atoms with E-state index < -0.39 is 11.5 Å². The van der Waals surface area contributed by atoms with E-state index in [-0.39, 0.29) is 5.97 Å². The SMILES string of the molecule is CCNC[C@@H](O)c1cccc(OC(=O)C(C)(C)C)c1. The normalized spacial score (nSPS) is 13.1. The molecule has 0 fully saturated rings. The van der Waals surface area contributed by atoms with Crippen LogP contribution in [0.2, 0.25) is 0 Å². The summed E-state index contributed by atoms with van der Waals surface area (Å²) in [6.07, 6.45) is -0.603. The Morgan fingerprint density at radius 2 is 2.11 bits per heavy atom. The molecule has 0 aromatic heterocycles. The van der Waals surface area contributed by atoms with Crippen molar-refractivity contribution in [2.75, 3.05) is 13.1 Å². The van der Waals surface area contributed by atoms with Crippen LogP contribution in [0.3, 0.4) is 0 Å². The molecule has 1 aromatic carbocycles. The fraction of sp³-hybridized carbons (Fsp3) is 0.533. The number of ether oxygens (including phenoxy) is 1. The van der Waals surface area contributed by atoms with Crippen molar-refractivity contribution in [1.29, 1.82) is 0 Å². The van der Waals surface area contributed by atoms with Gasteiger partial charge >= 0.3 is 5.97 Å². The maximum atomic E-state index is 11.8. The molecule has 0 unspecified atom stereocenters. The Balaban J connectivity index is 2.74. The molecule has 0 aliphatic rings. The highest BCUT2D eigenvalue weighted by molar-refractivity contribution is 5.77. The molecule has 0 amide bonds. The largest absolute Gasteiger partial charge is 0.426 e. The van der Waals surface area contributed by atoms with Gasteiger partial charge in [-0.15, -0.1) is 0 Å². The van der Waals surface area contributed by atoms with Gasteiger partial charge in [0.05, 0.1) is 11.5 Å². The Morgan fingerprint density at radius 3 is 2.68 bits per heavy atom. The van der Waals surface area contributed by atoms with E-state index in [4.69, 9.17) is 4.74 Å². The van der Waals surface area contributed by atoms with Gasteiger partial charge in [-0.3, -0.25) is 4.79 Å². The third-order valence-electron chi connectivity index (χ3n) is 2.65. The third kappa shape index (κ3) is 5.01. The molecular weight excluding hydrogens is 242 g/mol. The lowest BCUT2D eigenvalue weighted by molar-refractivity contribution is -0.143. The maximum Gasteiger partial charge on any atom is 0.316 e. The van der Waals surface area contributed by atoms with E-state index in [9.17, 15) is 9.90 Å². The molecule has 0 saturated heterocycles. The summed E-state index contributed by atoms with van der Waals surface area (Å²) in [6.45, 7) is 8.68. The Morgan fingerprint density at radius 1 is 1.42 bits per heavy atom. The van der Waals surface area contributed by atoms with Gasteiger partial charge in [0.15, 0.2) is 0 Å². The molecule has 4 heteroatoms. The molecule has 0 bridgehead atoms. The van der Waals surface area contributed by atoms with E-state index in [2.05, 4.69) is 5.32 Å². The molecule has 0 aliphatic heterocycles. The van der Waals surface area contributed by atoms with Gasteiger partial charge in [0, 0.05) is 6.54 Å². The van der Waals surface area contributed by atoms with Crippen molar-refractivity contribution in [1.82, 2.24) is 5.32 Å². The summed E-state index contributed by atoms with van der Waals surface area (Å²) >= 11 is 0. The molecule has 2 N–H and O–H groups in total. The second-order valence-electron chi connectivity index (χ2n) is 5.54. The lowest BCUT2D eigenvalue weighted by atomic mass is 9.97. The Kier molecular flexibility index (Phi) is 5.51. The highest BCUT2D eigenvalue weighted by Crippen LogP contribution is 2.22. The number of carbonyl (C=O) groups is 1. The molecule has 1 atom stereocenters. The van der Waals surface area contributed by atoms with E-state index in [0.717, 1.165) is 12.1 Å². The Bertz CT molecular complexity index is 424. The molecular formula is C15H23NO3. The highest BCUT2D eigenvalue weighted by Gasteiger charge is 2.23. The summed E-state index contributed by atoms with van der Waals surface area (Å²) in [6, 6.07) is 7.00. The van der Waals surface area contributed by atoms with Crippen LogP contribution in [0.4, 0.5) is 0 Å². The molecule has 4 nitrogen and oxygen atoms in total. The number of hydrogen-bond donors (Lipinski definition) is 2. The smallest absolute Gasteiger partial charge is 0.316 e. The maximum absolute atomic E-state index is 11.8. The topological polar surface area (TPSA) is 58.6 Å². The number of benzene rings is 1. The average Bonchev–Trinajstić information content (AvgIpc) is 2.35. The molecule has 1 rings (SSSR count). The fourth-order valence-electron chi connectivity index (χ4n) is 1.44. The first kappa shape index (κ1) is 15.7. The van der Waals surface area contributed by atoms with E-state index in [1.54, 1.807) is 39.0 Å². The molecule has 0 spiro atoms. The Hall–Kier alpha value is -1.39. The number of esters is 1. The lowest BCUT2D eigenvalue weighted by Crippen LogP contribution is -2.25. The summed E-state index contributed by atoms with van der Waals surface area (Å²) in [4.78, 5) is 11.8. The van der Waals surface area contributed by atoms with Gasteiger partial charge < -0.3 is 15.2 Å². The zero-order valence-electron chi connectivity index (χ0n) is 12.1. The van der Waals surface area contributed by atoms with E-state index in [1.807, 2.05) is 13.0 Å². The zero-order chi connectivity index (χ0) is 14.5. The van der Waals surface area contributed by atoms with Gasteiger partial charge in [-0.1, -0.05) is 19.1 Å². The number of aliphatic hydroxyl groups is 1. The van der Waals surface area contributed by atoms with Crippen LogP contribution in [-0.4, -0.2) is 24.2 Å². The fourth-order valence-corrected chi connectivity index (χ4v) is 1.44. The van der Waals surface area contributed by atoms with Crippen LogP contribution in [0.5, 0.6) is 5.75 Å². The first-order chi connectivity index (χ1) is 8.84. The number of hydrogen-bond acceptors (Lipinski definition) is 4. The van der Waals surface area contributed by atoms with E-state index in [1.165, 1.54) is 0 Å². The number of rotatable bonds is 5. The van der Waals surface area contributed by atoms with Gasteiger partial charge in [0.2, 0.25) is 0 Å². The number of likely N-dealkylation sites (N-methyl/N-ethyl adjacent to an activating group) is 1. The first-order valence-electron chi connectivity index (χ1n) is 6.55. The summed E-state index contributed by atoms with van der Waals surface area (Å²) < 4.78 is 5.30. The third-order valence-corrected chi connectivity index (χ3v) is 2.65. The zero-order valence-corrected chi connectivity index (χ0v) is 12.1. The van der Waals surface area contributed by atoms with Crippen LogP contribution in [0.25, 0.3) is 0 Å². The van der Waals surface area contributed by atoms with Crippen molar-refractivity contribution in [3.63, 3.8) is 0 Å². The highest BCUT2D eigenvalue weighted by atomic mass is 16.5. The summed E-state index contributed by atoms with van der Waals surface area (Å²) in [5.41, 5.74) is 0.193. The van der Waals surface area contributed by atoms with Crippen molar-refractivity contribution < 1.29 is 14.6 Å². The molecule has 0 radical (unpaired) electrons. The quantitative estimate of drug-likeness (QED) is 0.633. The number of aliphatic hydroxyl groups excluding tert-OH is 1. The summed E-state index contributed by atoms with van der Waals surface area (Å²) in [5, 5.41) is 13.0. The predicted octanol–water partition coefficient (Wildman–Crippen LogP) is 2.28. The van der Waals surface area contributed by atoms with E-state index >= 15 is 0 Å². The van der Waals surface area contributed by atoms with Crippen LogP contribution in [0.1, 0.15) is 39.4 Å². The van der Waals surface area contributed by atoms with Crippen molar-refractivity contribution in [3.05, 3.63) is 29.8 Å². The van der Waals surface area contributed by atoms with Crippen molar-refractivity contribution in [2.45, 2.75) is 33.8 Å². The molecule has 0 saturated carbocycles. The van der Waals surface area contributed by atoms with Gasteiger partial charge in [-0.25, -0.2) is 0 Å².